The van der Waals surface area contributed by atoms with Crippen LogP contribution in [0.1, 0.15) is 24.5 Å². The van der Waals surface area contributed by atoms with Crippen LogP contribution in [0.3, 0.4) is 0 Å². The van der Waals surface area contributed by atoms with Gasteiger partial charge >= 0.3 is 0 Å². The van der Waals surface area contributed by atoms with Crippen molar-refractivity contribution in [2.75, 3.05) is 6.61 Å². The Balaban J connectivity index is 1.61. The van der Waals surface area contributed by atoms with Crippen molar-refractivity contribution in [2.24, 2.45) is 0 Å². The van der Waals surface area contributed by atoms with Gasteiger partial charge in [0, 0.05) is 6.42 Å². The van der Waals surface area contributed by atoms with E-state index in [1.54, 1.807) is 5.51 Å². The minimum atomic E-state index is -0.867. The summed E-state index contributed by atoms with van der Waals surface area (Å²) in [4.78, 5) is 4.28. The number of thiazole rings is 1. The Morgan fingerprint density at radius 2 is 2.22 bits per heavy atom. The quantitative estimate of drug-likeness (QED) is 0.286. The highest BCUT2D eigenvalue weighted by Gasteiger charge is 2.58. The highest BCUT2D eigenvalue weighted by Crippen LogP contribution is 2.62. The molecule has 0 fully saturated rings. The Kier molecular flexibility index (Phi) is 3.44. The molecule has 0 aliphatic carbocycles. The zero-order chi connectivity index (χ0) is 19.5. The largest absolute Gasteiger partial charge is 0.494 e. The first-order valence-corrected chi connectivity index (χ1v) is 10.1. The van der Waals surface area contributed by atoms with Gasteiger partial charge in [-0.1, -0.05) is 11.9 Å². The molecule has 3 aromatic rings. The second-order valence-corrected chi connectivity index (χ2v) is 8.15. The van der Waals surface area contributed by atoms with Gasteiger partial charge in [-0.15, -0.1) is 11.3 Å². The predicted octanol–water partition coefficient (Wildman–Crippen LogP) is 3.38. The number of fused-ring (bicyclic) bond motifs is 6. The van der Waals surface area contributed by atoms with E-state index in [0.29, 0.717) is 29.8 Å². The molecule has 2 aromatic heterocycles. The van der Waals surface area contributed by atoms with Crippen LogP contribution in [0.5, 0.6) is 11.8 Å². The maximum atomic E-state index is 11.1. The van der Waals surface area contributed by atoms with Gasteiger partial charge in [0.2, 0.25) is 18.8 Å². The van der Waals surface area contributed by atoms with Crippen LogP contribution in [-0.2, 0) is 20.1 Å². The number of ether oxygens (including phenoxy) is 1. The normalized spacial score (nSPS) is 25.9. The summed E-state index contributed by atoms with van der Waals surface area (Å²) in [5.41, 5.74) is 2.78. The summed E-state index contributed by atoms with van der Waals surface area (Å²) < 4.78 is 21.1. The van der Waals surface area contributed by atoms with E-state index in [1.165, 1.54) is 15.9 Å². The molecule has 2 aliphatic heterocycles. The van der Waals surface area contributed by atoms with Gasteiger partial charge in [-0.25, -0.2) is 4.98 Å². The summed E-state index contributed by atoms with van der Waals surface area (Å²) in [6.45, 7) is 2.21. The summed E-state index contributed by atoms with van der Waals surface area (Å²) in [5, 5.41) is 22.1. The summed E-state index contributed by atoms with van der Waals surface area (Å²) in [6.07, 6.45) is 4.29. The van der Waals surface area contributed by atoms with Gasteiger partial charge in [0.25, 0.3) is 0 Å². The molecule has 1 aromatic carbocycles. The Labute approximate surface area is 166 Å². The predicted molar refractivity (Wildman–Crippen MR) is 107 cm³/mol. The molecule has 0 saturated carbocycles. The summed E-state index contributed by atoms with van der Waals surface area (Å²) >= 11 is 2.45. The lowest BCUT2D eigenvalue weighted by Crippen LogP contribution is -2.24. The molecule has 5 rings (SSSR count). The third kappa shape index (κ3) is 2.26. The molecule has 4 heterocycles. The van der Waals surface area contributed by atoms with E-state index < -0.39 is 11.2 Å². The van der Waals surface area contributed by atoms with Crippen molar-refractivity contribution < 1.29 is 19.1 Å². The van der Waals surface area contributed by atoms with Crippen molar-refractivity contribution >= 4 is 40.5 Å². The molecule has 137 valence electrons. The van der Waals surface area contributed by atoms with Gasteiger partial charge in [0.1, 0.15) is 11.2 Å². The van der Waals surface area contributed by atoms with Gasteiger partial charge in [-0.2, -0.15) is 0 Å². The van der Waals surface area contributed by atoms with E-state index in [0.717, 1.165) is 29.2 Å². The van der Waals surface area contributed by atoms with E-state index in [9.17, 15) is 10.2 Å². The number of hydrogen-bond donors (Lipinski definition) is 2. The lowest BCUT2D eigenvalue weighted by molar-refractivity contribution is -0.0707. The van der Waals surface area contributed by atoms with E-state index >= 15 is 0 Å². The molecular weight excluding hydrogens is 383 g/mol. The first-order valence-electron chi connectivity index (χ1n) is 8.97. The zero-order valence-corrected chi connectivity index (χ0v) is 16.0. The second-order valence-electron chi connectivity index (χ2n) is 6.84. The van der Waals surface area contributed by atoms with Crippen molar-refractivity contribution in [3.8, 4) is 17.4 Å². The van der Waals surface area contributed by atoms with Gasteiger partial charge in [0.15, 0.2) is 0 Å². The first kappa shape index (κ1) is 16.1. The fourth-order valence-electron chi connectivity index (χ4n) is 4.16. The zero-order valence-electron chi connectivity index (χ0n) is 15.4. The summed E-state index contributed by atoms with van der Waals surface area (Å²) in [5.74, 6) is -0.0657. The molecule has 2 bridgehead atoms. The van der Waals surface area contributed by atoms with Crippen LogP contribution in [0.15, 0.2) is 35.9 Å². The maximum absolute atomic E-state index is 11.1. The molecule has 2 unspecified atom stereocenters. The van der Waals surface area contributed by atoms with Crippen LogP contribution < -0.4 is 0 Å². The number of rotatable bonds is 6. The fraction of sp³-hybridized carbons (Fsp3) is 0.278. The molecule has 0 amide bonds. The van der Waals surface area contributed by atoms with Crippen LogP contribution in [0, 0.1) is 0 Å². The van der Waals surface area contributed by atoms with Gasteiger partial charge in [-0.05, 0) is 38.6 Å². The average Bonchev–Trinajstić information content (AvgIpc) is 3.39. The second kappa shape index (κ2) is 5.78. The third-order valence-corrected chi connectivity index (χ3v) is 6.40. The minimum absolute atomic E-state index is 0.0279. The number of nitrogens with zero attached hydrogens (tertiary/aromatic N) is 2. The van der Waals surface area contributed by atoms with Crippen molar-refractivity contribution in [1.29, 1.82) is 1.34 Å². The van der Waals surface area contributed by atoms with E-state index in [1.807, 2.05) is 37.3 Å². The van der Waals surface area contributed by atoms with Gasteiger partial charge in [0.05, 0.1) is 39.1 Å². The highest BCUT2D eigenvalue weighted by molar-refractivity contribution is 8.15. The Hall–Kier alpha value is -1.94. The standard InChI is InChI=1S/C18H16BN2O4S2/c1-17-4-5-18(25-17,6-7-24-27-19)14-13(17)15(22)21(16(14)23)10-2-3-11-12(8-10)26-9-20-11/h2-5,8-9,19,22-23H,6-7H2,1H3/i19T. The molecule has 6 nitrogen and oxygen atoms in total. The lowest BCUT2D eigenvalue weighted by atomic mass is 9.83. The molecule has 2 aliphatic rings. The van der Waals surface area contributed by atoms with Crippen LogP contribution in [-0.4, -0.2) is 34.8 Å². The van der Waals surface area contributed by atoms with Crippen molar-refractivity contribution in [3.63, 3.8) is 0 Å². The average molecular weight is 401 g/mol. The molecular formula is C18H16BN2O4S2. The van der Waals surface area contributed by atoms with Gasteiger partial charge < -0.3 is 19.1 Å². The Bertz CT molecular complexity index is 1120. The van der Waals surface area contributed by atoms with E-state index in [4.69, 9.17) is 10.3 Å². The monoisotopic (exact) mass is 401 g/mol. The fourth-order valence-corrected chi connectivity index (χ4v) is 5.05. The van der Waals surface area contributed by atoms with E-state index in [2.05, 4.69) is 4.98 Å². The molecule has 1 radical (unpaired) electrons. The minimum Gasteiger partial charge on any atom is -0.494 e. The maximum Gasteiger partial charge on any atom is 0.209 e. The smallest absolute Gasteiger partial charge is 0.209 e. The molecule has 27 heavy (non-hydrogen) atoms. The van der Waals surface area contributed by atoms with Crippen LogP contribution in [0.4, 0.5) is 0 Å². The molecule has 0 spiro atoms. The Morgan fingerprint density at radius 3 is 3.07 bits per heavy atom. The van der Waals surface area contributed by atoms with Crippen LogP contribution in [0.25, 0.3) is 15.9 Å². The SMILES string of the molecule is [3H][B]SOCCC12C=CC(C)(O1)c1c2c(O)n(-c2ccc3ncsc3c2)c1O. The molecule has 2 N–H and O–H groups in total. The highest BCUT2D eigenvalue weighted by atomic mass is 32.2. The molecule has 9 heteroatoms. The Morgan fingerprint density at radius 1 is 1.37 bits per heavy atom. The first-order chi connectivity index (χ1) is 13.5. The van der Waals surface area contributed by atoms with Crippen LogP contribution >= 0.6 is 23.2 Å². The molecule has 0 saturated heterocycles. The van der Waals surface area contributed by atoms with Crippen molar-refractivity contribution in [1.82, 2.24) is 9.55 Å². The molecule has 2 atom stereocenters. The number of hydrogen-bond acceptors (Lipinski definition) is 7. The third-order valence-electron chi connectivity index (χ3n) is 5.30. The number of aromatic nitrogens is 2. The summed E-state index contributed by atoms with van der Waals surface area (Å²) in [6, 6.07) is 5.59. The summed E-state index contributed by atoms with van der Waals surface area (Å²) in [7, 11) is 1.11. The van der Waals surface area contributed by atoms with Gasteiger partial charge in [-0.3, -0.25) is 4.57 Å². The topological polar surface area (TPSA) is 76.7 Å². The van der Waals surface area contributed by atoms with Crippen LogP contribution in [0.2, 0.25) is 0 Å². The lowest BCUT2D eigenvalue weighted by Gasteiger charge is -2.25. The number of benzene rings is 1. The van der Waals surface area contributed by atoms with Crippen molar-refractivity contribution in [3.05, 3.63) is 47.0 Å². The van der Waals surface area contributed by atoms with E-state index in [-0.39, 0.29) is 11.8 Å². The number of aromatic hydroxyl groups is 2. The van der Waals surface area contributed by atoms with Crippen molar-refractivity contribution in [2.45, 2.75) is 24.5 Å².